The summed E-state index contributed by atoms with van der Waals surface area (Å²) in [6.45, 7) is 1.59. The van der Waals surface area contributed by atoms with Gasteiger partial charge in [-0.3, -0.25) is 14.4 Å². The fourth-order valence-electron chi connectivity index (χ4n) is 4.61. The molecule has 0 amide bonds. The molecule has 4 rings (SSSR count). The van der Waals surface area contributed by atoms with Crippen LogP contribution in [0.15, 0.2) is 24.3 Å². The van der Waals surface area contributed by atoms with Crippen LogP contribution in [0, 0.1) is 0 Å². The molecule has 8 nitrogen and oxygen atoms in total. The Morgan fingerprint density at radius 1 is 1.07 bits per heavy atom. The molecule has 8 heteroatoms. The summed E-state index contributed by atoms with van der Waals surface area (Å²) in [6, 6.07) is 5.97. The first kappa shape index (κ1) is 20.1. The summed E-state index contributed by atoms with van der Waals surface area (Å²) in [6.07, 6.45) is -1.79. The molecule has 30 heavy (non-hydrogen) atoms. The molecule has 0 saturated carbocycles. The Labute approximate surface area is 171 Å². The SMILES string of the molecule is CC[C@]1(O)C[C@H](O)c2c(O)c3c(c(O)c2[C@H]1C(=O)OC)C(=O)c1ccccc1C3=O. The van der Waals surface area contributed by atoms with Gasteiger partial charge in [-0.1, -0.05) is 31.2 Å². The minimum absolute atomic E-state index is 0.0241. The van der Waals surface area contributed by atoms with Gasteiger partial charge in [0, 0.05) is 28.7 Å². The number of phenols is 2. The van der Waals surface area contributed by atoms with Crippen LogP contribution in [0.3, 0.4) is 0 Å². The Hall–Kier alpha value is -3.23. The van der Waals surface area contributed by atoms with Gasteiger partial charge in [-0.05, 0) is 6.42 Å². The molecule has 156 valence electrons. The van der Waals surface area contributed by atoms with E-state index in [4.69, 9.17) is 4.74 Å². The monoisotopic (exact) mass is 412 g/mol. The summed E-state index contributed by atoms with van der Waals surface area (Å²) in [4.78, 5) is 38.7. The largest absolute Gasteiger partial charge is 0.507 e. The number of ketones is 2. The molecule has 0 aromatic heterocycles. The molecule has 2 aliphatic rings. The van der Waals surface area contributed by atoms with Crippen molar-refractivity contribution >= 4 is 17.5 Å². The van der Waals surface area contributed by atoms with Crippen LogP contribution >= 0.6 is 0 Å². The number of carbonyl (C=O) groups is 3. The highest BCUT2D eigenvalue weighted by molar-refractivity contribution is 6.30. The number of ether oxygens (including phenoxy) is 1. The lowest BCUT2D eigenvalue weighted by molar-refractivity contribution is -0.153. The summed E-state index contributed by atoms with van der Waals surface area (Å²) in [7, 11) is 1.10. The standard InChI is InChI=1S/C22H20O8/c1-3-22(29)8-11(23)12-13(16(22)21(28)30-2)20(27)15-14(19(12)26)17(24)9-6-4-5-7-10(9)18(15)25/h4-7,11,16,23,26-27,29H,3,8H2,1-2H3/t11-,16-,22-/m0/s1. The molecule has 2 aliphatic carbocycles. The molecule has 0 spiro atoms. The molecular formula is C22H20O8. The van der Waals surface area contributed by atoms with E-state index >= 15 is 0 Å². The zero-order valence-corrected chi connectivity index (χ0v) is 16.3. The molecule has 3 atom stereocenters. The van der Waals surface area contributed by atoms with Gasteiger partial charge in [-0.15, -0.1) is 0 Å². The van der Waals surface area contributed by atoms with E-state index < -0.39 is 57.8 Å². The Balaban J connectivity index is 2.10. The van der Waals surface area contributed by atoms with E-state index in [1.165, 1.54) is 12.1 Å². The number of carbonyl (C=O) groups excluding carboxylic acids is 3. The number of aliphatic hydroxyl groups excluding tert-OH is 1. The second-order valence-corrected chi connectivity index (χ2v) is 7.61. The van der Waals surface area contributed by atoms with Gasteiger partial charge in [-0.25, -0.2) is 0 Å². The number of aromatic hydroxyl groups is 2. The van der Waals surface area contributed by atoms with Crippen molar-refractivity contribution in [2.24, 2.45) is 0 Å². The van der Waals surface area contributed by atoms with Crippen LogP contribution in [0.25, 0.3) is 0 Å². The van der Waals surface area contributed by atoms with Gasteiger partial charge in [-0.2, -0.15) is 0 Å². The summed E-state index contributed by atoms with van der Waals surface area (Å²) in [5.74, 6) is -5.19. The highest BCUT2D eigenvalue weighted by Crippen LogP contribution is 2.55. The van der Waals surface area contributed by atoms with Gasteiger partial charge >= 0.3 is 5.97 Å². The number of hydrogen-bond acceptors (Lipinski definition) is 8. The summed E-state index contributed by atoms with van der Waals surface area (Å²) >= 11 is 0. The summed E-state index contributed by atoms with van der Waals surface area (Å²) in [5.41, 5.74) is -3.15. The summed E-state index contributed by atoms with van der Waals surface area (Å²) in [5, 5.41) is 43.7. The van der Waals surface area contributed by atoms with E-state index in [2.05, 4.69) is 0 Å². The van der Waals surface area contributed by atoms with Crippen LogP contribution in [0.5, 0.6) is 11.5 Å². The van der Waals surface area contributed by atoms with Crippen LogP contribution in [0.2, 0.25) is 0 Å². The molecule has 0 saturated heterocycles. The first-order valence-electron chi connectivity index (χ1n) is 9.46. The van der Waals surface area contributed by atoms with Gasteiger partial charge in [0.25, 0.3) is 0 Å². The normalized spacial score (nSPS) is 24.7. The molecule has 2 aromatic carbocycles. The van der Waals surface area contributed by atoms with Crippen molar-refractivity contribution in [3.8, 4) is 11.5 Å². The highest BCUT2D eigenvalue weighted by atomic mass is 16.5. The van der Waals surface area contributed by atoms with Crippen molar-refractivity contribution < 1.29 is 39.5 Å². The van der Waals surface area contributed by atoms with Crippen molar-refractivity contribution in [1.29, 1.82) is 0 Å². The molecule has 4 N–H and O–H groups in total. The van der Waals surface area contributed by atoms with Crippen LogP contribution in [-0.2, 0) is 9.53 Å². The van der Waals surface area contributed by atoms with Crippen LogP contribution in [-0.4, -0.2) is 50.7 Å². The first-order valence-corrected chi connectivity index (χ1v) is 9.46. The lowest BCUT2D eigenvalue weighted by Gasteiger charge is -2.42. The first-order chi connectivity index (χ1) is 14.2. The number of phenolic OH excluding ortho intramolecular Hbond substituents is 2. The number of methoxy groups -OCH3 is 1. The quantitative estimate of drug-likeness (QED) is 0.368. The number of fused-ring (bicyclic) bond motifs is 3. The third-order valence-corrected chi connectivity index (χ3v) is 6.15. The maximum Gasteiger partial charge on any atom is 0.316 e. The Morgan fingerprint density at radius 3 is 2.03 bits per heavy atom. The van der Waals surface area contributed by atoms with Crippen LogP contribution < -0.4 is 0 Å². The number of hydrogen-bond donors (Lipinski definition) is 4. The number of aliphatic hydroxyl groups is 2. The average Bonchev–Trinajstić information content (AvgIpc) is 2.73. The summed E-state index contributed by atoms with van der Waals surface area (Å²) < 4.78 is 4.80. The second kappa shape index (κ2) is 6.65. The predicted molar refractivity (Wildman–Crippen MR) is 103 cm³/mol. The maximum atomic E-state index is 13.1. The van der Waals surface area contributed by atoms with Gasteiger partial charge in [0.15, 0.2) is 11.6 Å². The minimum atomic E-state index is -1.79. The number of rotatable bonds is 2. The van der Waals surface area contributed by atoms with E-state index in [9.17, 15) is 34.8 Å². The molecule has 0 aliphatic heterocycles. The lowest BCUT2D eigenvalue weighted by atomic mass is 9.66. The van der Waals surface area contributed by atoms with E-state index in [1.807, 2.05) is 0 Å². The van der Waals surface area contributed by atoms with Crippen LogP contribution in [0.4, 0.5) is 0 Å². The second-order valence-electron chi connectivity index (χ2n) is 7.61. The van der Waals surface area contributed by atoms with Gasteiger partial charge < -0.3 is 25.2 Å². The fraction of sp³-hybridized carbons (Fsp3) is 0.318. The van der Waals surface area contributed by atoms with Crippen LogP contribution in [0.1, 0.15) is 74.8 Å². The molecular weight excluding hydrogens is 392 g/mol. The number of esters is 1. The zero-order valence-electron chi connectivity index (χ0n) is 16.3. The van der Waals surface area contributed by atoms with E-state index in [0.717, 1.165) is 7.11 Å². The lowest BCUT2D eigenvalue weighted by Crippen LogP contribution is -2.46. The minimum Gasteiger partial charge on any atom is -0.507 e. The van der Waals surface area contributed by atoms with E-state index in [-0.39, 0.29) is 35.1 Å². The van der Waals surface area contributed by atoms with Crippen molar-refractivity contribution in [1.82, 2.24) is 0 Å². The van der Waals surface area contributed by atoms with Crippen molar-refractivity contribution in [3.05, 3.63) is 57.6 Å². The molecule has 2 aromatic rings. The molecule has 0 radical (unpaired) electrons. The highest BCUT2D eigenvalue weighted by Gasteiger charge is 2.53. The van der Waals surface area contributed by atoms with Crippen molar-refractivity contribution in [3.63, 3.8) is 0 Å². The Bertz CT molecular complexity index is 1120. The third kappa shape index (κ3) is 2.44. The van der Waals surface area contributed by atoms with E-state index in [1.54, 1.807) is 19.1 Å². The maximum absolute atomic E-state index is 13.1. The number of benzene rings is 2. The smallest absolute Gasteiger partial charge is 0.316 e. The molecule has 0 fully saturated rings. The van der Waals surface area contributed by atoms with Crippen molar-refractivity contribution in [2.75, 3.05) is 7.11 Å². The molecule has 0 heterocycles. The average molecular weight is 412 g/mol. The topological polar surface area (TPSA) is 141 Å². The van der Waals surface area contributed by atoms with Gasteiger partial charge in [0.05, 0.1) is 29.9 Å². The fourth-order valence-corrected chi connectivity index (χ4v) is 4.61. The van der Waals surface area contributed by atoms with E-state index in [0.29, 0.717) is 0 Å². The zero-order chi connectivity index (χ0) is 22.0. The Morgan fingerprint density at radius 2 is 1.57 bits per heavy atom. The van der Waals surface area contributed by atoms with Gasteiger partial charge in [0.2, 0.25) is 0 Å². The predicted octanol–water partition coefficient (Wildman–Crippen LogP) is 1.71. The third-order valence-electron chi connectivity index (χ3n) is 6.15. The molecule has 0 bridgehead atoms. The van der Waals surface area contributed by atoms with Gasteiger partial charge in [0.1, 0.15) is 17.4 Å². The van der Waals surface area contributed by atoms with Crippen molar-refractivity contribution in [2.45, 2.75) is 37.4 Å². The Kier molecular flexibility index (Phi) is 4.44. The molecule has 0 unspecified atom stereocenters.